The summed E-state index contributed by atoms with van der Waals surface area (Å²) in [7, 11) is 0. The molecule has 1 N–H and O–H groups in total. The van der Waals surface area contributed by atoms with Crippen LogP contribution in [0, 0.1) is 11.7 Å². The number of hydrogen-bond donors (Lipinski definition) is 1. The van der Waals surface area contributed by atoms with E-state index in [0.29, 0.717) is 5.92 Å². The number of hydrogen-bond acceptors (Lipinski definition) is 3. The van der Waals surface area contributed by atoms with Crippen molar-refractivity contribution < 1.29 is 4.39 Å². The lowest BCUT2D eigenvalue weighted by Crippen LogP contribution is -2.06. The third-order valence-electron chi connectivity index (χ3n) is 3.83. The second kappa shape index (κ2) is 6.73. The fraction of sp³-hybridized carbons (Fsp3) is 0.263. The van der Waals surface area contributed by atoms with Crippen molar-refractivity contribution in [3.8, 4) is 11.1 Å². The molecule has 3 rings (SSSR count). The normalized spacial score (nSPS) is 11.1. The lowest BCUT2D eigenvalue weighted by Gasteiger charge is -2.11. The Kier molecular flexibility index (Phi) is 4.51. The Bertz CT molecular complexity index is 797. The summed E-state index contributed by atoms with van der Waals surface area (Å²) in [5.74, 6) is 1.26. The molecule has 0 aliphatic rings. The first kappa shape index (κ1) is 15.4. The summed E-state index contributed by atoms with van der Waals surface area (Å²) in [4.78, 5) is 8.69. The van der Waals surface area contributed by atoms with Crippen molar-refractivity contribution in [2.24, 2.45) is 5.92 Å². The minimum Gasteiger partial charge on any atom is -0.369 e. The molecule has 2 aromatic carbocycles. The highest BCUT2D eigenvalue weighted by atomic mass is 19.1. The van der Waals surface area contributed by atoms with Gasteiger partial charge in [0, 0.05) is 11.9 Å². The van der Waals surface area contributed by atoms with Crippen molar-refractivity contribution >= 4 is 16.7 Å². The van der Waals surface area contributed by atoms with E-state index in [1.165, 1.54) is 12.1 Å². The Balaban J connectivity index is 1.95. The topological polar surface area (TPSA) is 37.8 Å². The van der Waals surface area contributed by atoms with Gasteiger partial charge in [-0.05, 0) is 47.7 Å². The first-order chi connectivity index (χ1) is 11.1. The summed E-state index contributed by atoms with van der Waals surface area (Å²) in [5.41, 5.74) is 2.91. The second-order valence-corrected chi connectivity index (χ2v) is 6.07. The van der Waals surface area contributed by atoms with Crippen LogP contribution in [0.25, 0.3) is 22.0 Å². The lowest BCUT2D eigenvalue weighted by molar-refractivity contribution is 0.607. The molecule has 0 atom stereocenters. The van der Waals surface area contributed by atoms with Gasteiger partial charge in [-0.25, -0.2) is 14.4 Å². The Hall–Kier alpha value is -2.49. The van der Waals surface area contributed by atoms with Gasteiger partial charge in [0.1, 0.15) is 18.0 Å². The molecule has 0 spiro atoms. The number of benzene rings is 2. The predicted octanol–water partition coefficient (Wildman–Crippen LogP) is 4.89. The van der Waals surface area contributed by atoms with Crippen molar-refractivity contribution in [3.63, 3.8) is 0 Å². The maximum atomic E-state index is 13.1. The molecule has 0 saturated heterocycles. The van der Waals surface area contributed by atoms with Gasteiger partial charge in [-0.1, -0.05) is 32.0 Å². The van der Waals surface area contributed by atoms with Crippen molar-refractivity contribution in [3.05, 3.63) is 54.6 Å². The molecule has 3 aromatic rings. The Morgan fingerprint density at radius 2 is 1.74 bits per heavy atom. The molecule has 0 fully saturated rings. The second-order valence-electron chi connectivity index (χ2n) is 6.07. The van der Waals surface area contributed by atoms with Gasteiger partial charge in [-0.2, -0.15) is 0 Å². The summed E-state index contributed by atoms with van der Waals surface area (Å²) < 4.78 is 13.1. The minimum atomic E-state index is -0.228. The van der Waals surface area contributed by atoms with Crippen LogP contribution in [-0.2, 0) is 0 Å². The summed E-state index contributed by atoms with van der Waals surface area (Å²) in [6.07, 6.45) is 2.67. The average molecular weight is 309 g/mol. The third-order valence-corrected chi connectivity index (χ3v) is 3.83. The Morgan fingerprint density at radius 1 is 1.00 bits per heavy atom. The van der Waals surface area contributed by atoms with Gasteiger partial charge >= 0.3 is 0 Å². The zero-order valence-corrected chi connectivity index (χ0v) is 13.4. The van der Waals surface area contributed by atoms with E-state index < -0.39 is 0 Å². The van der Waals surface area contributed by atoms with Crippen LogP contribution >= 0.6 is 0 Å². The van der Waals surface area contributed by atoms with E-state index in [9.17, 15) is 4.39 Å². The van der Waals surface area contributed by atoms with Crippen LogP contribution in [0.5, 0.6) is 0 Å². The maximum absolute atomic E-state index is 13.1. The van der Waals surface area contributed by atoms with Crippen LogP contribution < -0.4 is 5.32 Å². The van der Waals surface area contributed by atoms with E-state index >= 15 is 0 Å². The SMILES string of the molecule is CC(C)CCNc1ncnc2ccc(-c3ccc(F)cc3)cc12. The zero-order chi connectivity index (χ0) is 16.2. The van der Waals surface area contributed by atoms with Crippen molar-refractivity contribution in [1.29, 1.82) is 0 Å². The van der Waals surface area contributed by atoms with Gasteiger partial charge < -0.3 is 5.32 Å². The van der Waals surface area contributed by atoms with Crippen LogP contribution in [0.15, 0.2) is 48.8 Å². The molecule has 0 amide bonds. The molecule has 118 valence electrons. The lowest BCUT2D eigenvalue weighted by atomic mass is 10.0. The monoisotopic (exact) mass is 309 g/mol. The highest BCUT2D eigenvalue weighted by Crippen LogP contribution is 2.27. The molecule has 0 unspecified atom stereocenters. The molecule has 3 nitrogen and oxygen atoms in total. The van der Waals surface area contributed by atoms with Gasteiger partial charge in [0.25, 0.3) is 0 Å². The Morgan fingerprint density at radius 3 is 2.48 bits per heavy atom. The minimum absolute atomic E-state index is 0.228. The number of nitrogens with one attached hydrogen (secondary N) is 1. The molecule has 0 aliphatic carbocycles. The summed E-state index contributed by atoms with van der Waals surface area (Å²) in [5, 5.41) is 4.38. The van der Waals surface area contributed by atoms with E-state index in [-0.39, 0.29) is 5.82 Å². The third kappa shape index (κ3) is 3.65. The highest BCUT2D eigenvalue weighted by Gasteiger charge is 2.06. The molecular formula is C19H20FN3. The van der Waals surface area contributed by atoms with Crippen LogP contribution in [0.4, 0.5) is 10.2 Å². The zero-order valence-electron chi connectivity index (χ0n) is 13.4. The predicted molar refractivity (Wildman–Crippen MR) is 92.9 cm³/mol. The average Bonchev–Trinajstić information content (AvgIpc) is 2.55. The summed E-state index contributed by atoms with van der Waals surface area (Å²) in [6, 6.07) is 12.5. The quantitative estimate of drug-likeness (QED) is 0.729. The van der Waals surface area contributed by atoms with Gasteiger partial charge in [0.05, 0.1) is 5.52 Å². The van der Waals surface area contributed by atoms with E-state index in [4.69, 9.17) is 0 Å². The highest BCUT2D eigenvalue weighted by molar-refractivity contribution is 5.92. The van der Waals surface area contributed by atoms with Crippen LogP contribution in [-0.4, -0.2) is 16.5 Å². The molecule has 0 bridgehead atoms. The molecule has 4 heteroatoms. The first-order valence-corrected chi connectivity index (χ1v) is 7.88. The number of nitrogens with zero attached hydrogens (tertiary/aromatic N) is 2. The molecule has 1 aromatic heterocycles. The maximum Gasteiger partial charge on any atom is 0.137 e. The number of fused-ring (bicyclic) bond motifs is 1. The van der Waals surface area contributed by atoms with Crippen LogP contribution in [0.1, 0.15) is 20.3 Å². The van der Waals surface area contributed by atoms with Gasteiger partial charge in [-0.15, -0.1) is 0 Å². The Labute approximate surface area is 135 Å². The van der Waals surface area contributed by atoms with Crippen molar-refractivity contribution in [2.45, 2.75) is 20.3 Å². The van der Waals surface area contributed by atoms with Crippen LogP contribution in [0.3, 0.4) is 0 Å². The van der Waals surface area contributed by atoms with Crippen LogP contribution in [0.2, 0.25) is 0 Å². The number of halogens is 1. The van der Waals surface area contributed by atoms with E-state index in [1.807, 2.05) is 12.1 Å². The van der Waals surface area contributed by atoms with E-state index in [1.54, 1.807) is 18.5 Å². The van der Waals surface area contributed by atoms with Crippen molar-refractivity contribution in [1.82, 2.24) is 9.97 Å². The molecular weight excluding hydrogens is 289 g/mol. The first-order valence-electron chi connectivity index (χ1n) is 7.88. The smallest absolute Gasteiger partial charge is 0.137 e. The van der Waals surface area contributed by atoms with Gasteiger partial charge in [0.2, 0.25) is 0 Å². The largest absolute Gasteiger partial charge is 0.369 e. The molecule has 0 aliphatic heterocycles. The molecule has 1 heterocycles. The molecule has 0 radical (unpaired) electrons. The summed E-state index contributed by atoms with van der Waals surface area (Å²) in [6.45, 7) is 5.28. The number of anilines is 1. The standard InChI is InChI=1S/C19H20FN3/c1-13(2)9-10-21-19-17-11-15(5-8-18(17)22-12-23-19)14-3-6-16(20)7-4-14/h3-8,11-13H,9-10H2,1-2H3,(H,21,22,23). The number of rotatable bonds is 5. The molecule has 23 heavy (non-hydrogen) atoms. The van der Waals surface area contributed by atoms with Gasteiger partial charge in [-0.3, -0.25) is 0 Å². The number of aromatic nitrogens is 2. The molecule has 0 saturated carbocycles. The van der Waals surface area contributed by atoms with E-state index in [0.717, 1.165) is 40.8 Å². The summed E-state index contributed by atoms with van der Waals surface area (Å²) >= 11 is 0. The van der Waals surface area contributed by atoms with Crippen molar-refractivity contribution in [2.75, 3.05) is 11.9 Å². The van der Waals surface area contributed by atoms with E-state index in [2.05, 4.69) is 35.2 Å². The fourth-order valence-corrected chi connectivity index (χ4v) is 2.50. The van der Waals surface area contributed by atoms with Gasteiger partial charge in [0.15, 0.2) is 0 Å². The fourth-order valence-electron chi connectivity index (χ4n) is 2.50.